The zero-order chi connectivity index (χ0) is 37.4. The molecule has 3 saturated heterocycles. The minimum Gasteiger partial charge on any atom is -0.351 e. The number of likely N-dealkylation sites (tertiary alicyclic amines) is 1. The van der Waals surface area contributed by atoms with Crippen LogP contribution < -0.4 is 15.5 Å². The molecule has 3 aliphatic rings. The number of benzene rings is 3. The summed E-state index contributed by atoms with van der Waals surface area (Å²) in [6.07, 6.45) is 6.72. The van der Waals surface area contributed by atoms with Crippen molar-refractivity contribution in [1.29, 1.82) is 0 Å². The highest BCUT2D eigenvalue weighted by molar-refractivity contribution is 7.89. The zero-order valence-electron chi connectivity index (χ0n) is 30.0. The fourth-order valence-corrected chi connectivity index (χ4v) is 9.37. The van der Waals surface area contributed by atoms with Crippen LogP contribution in [0.25, 0.3) is 22.0 Å². The molecule has 0 spiro atoms. The van der Waals surface area contributed by atoms with E-state index < -0.39 is 16.1 Å². The van der Waals surface area contributed by atoms with Crippen LogP contribution in [0.4, 0.5) is 16.6 Å². The molecule has 0 unspecified atom stereocenters. The van der Waals surface area contributed by atoms with Gasteiger partial charge in [-0.15, -0.1) is 0 Å². The number of hydrogen-bond donors (Lipinski definition) is 2. The molecule has 3 aliphatic heterocycles. The maximum Gasteiger partial charge on any atom is 0.329 e. The third-order valence-electron chi connectivity index (χ3n) is 10.8. The molecule has 15 heteroatoms. The summed E-state index contributed by atoms with van der Waals surface area (Å²) in [7, 11) is -1.76. The number of piperidine rings is 2. The number of carbonyl (C=O) groups excluding carboxylic acids is 2. The molecule has 3 amide bonds. The van der Waals surface area contributed by atoms with Crippen molar-refractivity contribution in [2.75, 3.05) is 42.9 Å². The van der Waals surface area contributed by atoms with Crippen LogP contribution in [0.5, 0.6) is 0 Å². The van der Waals surface area contributed by atoms with Gasteiger partial charge in [-0.1, -0.05) is 54.1 Å². The predicted molar refractivity (Wildman–Crippen MR) is 208 cm³/mol. The fraction of sp³-hybridized carbons (Fsp3) is 0.359. The van der Waals surface area contributed by atoms with Crippen molar-refractivity contribution in [2.24, 2.45) is 7.05 Å². The number of carbonyl (C=O) groups is 2. The van der Waals surface area contributed by atoms with Gasteiger partial charge >= 0.3 is 6.03 Å². The highest BCUT2D eigenvalue weighted by atomic mass is 35.5. The molecule has 13 nitrogen and oxygen atoms in total. The number of aryl methyl sites for hydroxylation is 1. The summed E-state index contributed by atoms with van der Waals surface area (Å²) in [5, 5.41) is 11.7. The van der Waals surface area contributed by atoms with Gasteiger partial charge in [0, 0.05) is 51.1 Å². The van der Waals surface area contributed by atoms with Gasteiger partial charge in [-0.3, -0.25) is 24.6 Å². The number of halogens is 1. The molecule has 8 rings (SSSR count). The minimum absolute atomic E-state index is 0.0820. The summed E-state index contributed by atoms with van der Waals surface area (Å²) in [5.74, 6) is 1.24. The number of anilines is 2. The van der Waals surface area contributed by atoms with E-state index in [0.717, 1.165) is 54.5 Å². The van der Waals surface area contributed by atoms with E-state index in [1.165, 1.54) is 23.5 Å². The van der Waals surface area contributed by atoms with E-state index >= 15 is 0 Å². The fourth-order valence-electron chi connectivity index (χ4n) is 7.76. The summed E-state index contributed by atoms with van der Waals surface area (Å²) in [6.45, 7) is 3.95. The smallest absolute Gasteiger partial charge is 0.329 e. The number of nitrogens with zero attached hydrogens (tertiary/aromatic N) is 7. The molecule has 2 aromatic heterocycles. The van der Waals surface area contributed by atoms with Gasteiger partial charge < -0.3 is 5.32 Å². The first kappa shape index (κ1) is 36.1. The molecule has 0 bridgehead atoms. The Labute approximate surface area is 319 Å². The van der Waals surface area contributed by atoms with Gasteiger partial charge in [0.1, 0.15) is 0 Å². The number of amides is 3. The van der Waals surface area contributed by atoms with Crippen LogP contribution in [0.15, 0.2) is 84.0 Å². The van der Waals surface area contributed by atoms with Gasteiger partial charge in [0.15, 0.2) is 5.82 Å². The number of aromatic nitrogens is 4. The molecule has 54 heavy (non-hydrogen) atoms. The number of hydrogen-bond acceptors (Lipinski definition) is 9. The monoisotopic (exact) mass is 767 g/mol. The van der Waals surface area contributed by atoms with Crippen LogP contribution in [0.3, 0.4) is 0 Å². The second kappa shape index (κ2) is 15.1. The lowest BCUT2D eigenvalue weighted by atomic mass is 9.88. The Kier molecular flexibility index (Phi) is 10.1. The summed E-state index contributed by atoms with van der Waals surface area (Å²) >= 11 is 5.89. The third-order valence-corrected chi connectivity index (χ3v) is 12.9. The first-order valence-electron chi connectivity index (χ1n) is 18.3. The van der Waals surface area contributed by atoms with Gasteiger partial charge in [0.25, 0.3) is 0 Å². The Balaban J connectivity index is 0.855. The van der Waals surface area contributed by atoms with E-state index in [-0.39, 0.29) is 18.4 Å². The van der Waals surface area contributed by atoms with Crippen LogP contribution in [0.1, 0.15) is 49.1 Å². The van der Waals surface area contributed by atoms with Crippen molar-refractivity contribution in [2.45, 2.75) is 55.5 Å². The molecule has 0 aliphatic carbocycles. The lowest BCUT2D eigenvalue weighted by Gasteiger charge is -2.32. The van der Waals surface area contributed by atoms with Gasteiger partial charge in [0.2, 0.25) is 21.9 Å². The number of fused-ring (bicyclic) bond motifs is 1. The second-order valence-electron chi connectivity index (χ2n) is 14.3. The molecular formula is C39H42ClN9O4S. The van der Waals surface area contributed by atoms with Crippen LogP contribution in [0.2, 0.25) is 5.02 Å². The lowest BCUT2D eigenvalue weighted by molar-refractivity contribution is -0.120. The Bertz CT molecular complexity index is 2280. The van der Waals surface area contributed by atoms with E-state index in [1.807, 2.05) is 23.9 Å². The normalized spacial score (nSPS) is 18.3. The number of nitrogens with one attached hydrogen (secondary N) is 2. The van der Waals surface area contributed by atoms with E-state index in [0.29, 0.717) is 60.1 Å². The molecule has 5 aromatic rings. The number of sulfonamides is 1. The summed E-state index contributed by atoms with van der Waals surface area (Å²) < 4.78 is 30.7. The molecule has 0 radical (unpaired) electrons. The minimum atomic E-state index is -3.65. The maximum atomic E-state index is 13.6. The van der Waals surface area contributed by atoms with Gasteiger partial charge in [0.05, 0.1) is 27.8 Å². The van der Waals surface area contributed by atoms with Crippen molar-refractivity contribution in [1.82, 2.24) is 34.3 Å². The van der Waals surface area contributed by atoms with Crippen LogP contribution in [-0.4, -0.2) is 88.1 Å². The van der Waals surface area contributed by atoms with E-state index in [4.69, 9.17) is 11.6 Å². The first-order valence-corrected chi connectivity index (χ1v) is 20.2. The molecule has 3 fully saturated rings. The SMILES string of the molecule is Cn1nc(N2CCC(=O)NC2=O)c2ccc(C3CCN(Cc4ccc(-c5cccc(S(=O)(=O)N6CCC(Nc7ncc(Cl)cn7)CC6)c5)cc4)CC3)cc21. The van der Waals surface area contributed by atoms with E-state index in [1.54, 1.807) is 21.3 Å². The Morgan fingerprint density at radius 2 is 1.61 bits per heavy atom. The highest BCUT2D eigenvalue weighted by Gasteiger charge is 2.31. The van der Waals surface area contributed by atoms with E-state index in [2.05, 4.69) is 73.1 Å². The number of rotatable bonds is 9. The Hall–Kier alpha value is -4.89. The zero-order valence-corrected chi connectivity index (χ0v) is 31.6. The summed E-state index contributed by atoms with van der Waals surface area (Å²) in [5.41, 5.74) is 5.30. The summed E-state index contributed by atoms with van der Waals surface area (Å²) in [4.78, 5) is 36.8. The molecule has 0 atom stereocenters. The average molecular weight is 768 g/mol. The molecule has 0 saturated carbocycles. The quantitative estimate of drug-likeness (QED) is 0.191. The number of imide groups is 1. The molecule has 3 aromatic carbocycles. The van der Waals surface area contributed by atoms with Crippen molar-refractivity contribution < 1.29 is 18.0 Å². The van der Waals surface area contributed by atoms with Crippen LogP contribution >= 0.6 is 11.6 Å². The molecule has 5 heterocycles. The van der Waals surface area contributed by atoms with Gasteiger partial charge in [-0.2, -0.15) is 9.40 Å². The molecule has 280 valence electrons. The topological polar surface area (TPSA) is 146 Å². The lowest BCUT2D eigenvalue weighted by Crippen LogP contribution is -2.49. The standard InChI is InChI=1S/C39H42ClN9O4S/c1-46-35-22-30(9-10-34(35)37(45-46)49-20-15-36(50)44-39(49)51)28-11-16-47(17-12-28)25-26-5-7-27(8-6-26)29-3-2-4-33(21-29)54(52,53)48-18-13-32(14-19-48)43-38-41-23-31(40)24-42-38/h2-10,21-24,28,32H,11-20,25H2,1H3,(H,41,42,43)(H,44,50,51). The van der Waals surface area contributed by atoms with Crippen molar-refractivity contribution >= 4 is 56.2 Å². The van der Waals surface area contributed by atoms with Crippen molar-refractivity contribution in [3.8, 4) is 11.1 Å². The Morgan fingerprint density at radius 1 is 0.870 bits per heavy atom. The molecular weight excluding hydrogens is 726 g/mol. The predicted octanol–water partition coefficient (Wildman–Crippen LogP) is 5.77. The Morgan fingerprint density at radius 3 is 2.33 bits per heavy atom. The third kappa shape index (κ3) is 7.56. The first-order chi connectivity index (χ1) is 26.1. The second-order valence-corrected chi connectivity index (χ2v) is 16.7. The average Bonchev–Trinajstić information content (AvgIpc) is 3.51. The molecule has 2 N–H and O–H groups in total. The summed E-state index contributed by atoms with van der Waals surface area (Å²) in [6, 6.07) is 21.7. The van der Waals surface area contributed by atoms with Crippen LogP contribution in [0, 0.1) is 0 Å². The number of urea groups is 1. The largest absolute Gasteiger partial charge is 0.351 e. The van der Waals surface area contributed by atoms with Crippen molar-refractivity contribution in [3.63, 3.8) is 0 Å². The van der Waals surface area contributed by atoms with E-state index in [9.17, 15) is 18.0 Å². The van der Waals surface area contributed by atoms with Gasteiger partial charge in [-0.05, 0) is 91.2 Å². The maximum absolute atomic E-state index is 13.6. The highest BCUT2D eigenvalue weighted by Crippen LogP contribution is 2.34. The van der Waals surface area contributed by atoms with Gasteiger partial charge in [-0.25, -0.2) is 23.2 Å². The van der Waals surface area contributed by atoms with Crippen LogP contribution in [-0.2, 0) is 28.4 Å². The van der Waals surface area contributed by atoms with Crippen molar-refractivity contribution in [3.05, 3.63) is 95.3 Å².